The molecule has 0 atom stereocenters. The van der Waals surface area contributed by atoms with E-state index in [4.69, 9.17) is 17.3 Å². The summed E-state index contributed by atoms with van der Waals surface area (Å²) < 4.78 is 2.20. The number of thiocarbonyl (C=S) groups is 1. The molecule has 0 aliphatic carbocycles. The number of carboxylic acid groups (broad SMARTS) is 1. The van der Waals surface area contributed by atoms with Gasteiger partial charge in [-0.3, -0.25) is 9.69 Å². The molecule has 122 valence electrons. The minimum absolute atomic E-state index is 0.233. The van der Waals surface area contributed by atoms with Crippen LogP contribution in [0.1, 0.15) is 16.1 Å². The average Bonchev–Trinajstić information content (AvgIpc) is 3.03. The van der Waals surface area contributed by atoms with Crippen LogP contribution in [0.4, 0.5) is 5.69 Å². The van der Waals surface area contributed by atoms with E-state index in [2.05, 4.69) is 0 Å². The molecule has 2 N–H and O–H groups in total. The predicted molar refractivity (Wildman–Crippen MR) is 96.1 cm³/mol. The lowest BCUT2D eigenvalue weighted by molar-refractivity contribution is -0.113. The molecule has 0 saturated carbocycles. The van der Waals surface area contributed by atoms with Gasteiger partial charge in [-0.15, -0.1) is 0 Å². The highest BCUT2D eigenvalue weighted by atomic mass is 32.2. The molecule has 0 spiro atoms. The number of hydrogen-bond donors (Lipinski definition) is 2. The van der Waals surface area contributed by atoms with Crippen molar-refractivity contribution < 1.29 is 19.8 Å². The van der Waals surface area contributed by atoms with Gasteiger partial charge in [-0.1, -0.05) is 24.0 Å². The maximum Gasteiger partial charge on any atom is 0.339 e. The van der Waals surface area contributed by atoms with E-state index in [9.17, 15) is 14.7 Å². The topological polar surface area (TPSA) is 82.8 Å². The molecule has 8 heteroatoms. The summed E-state index contributed by atoms with van der Waals surface area (Å²) in [6, 6.07) is 7.65. The standard InChI is InChI=1S/C16H12N2O4S2/c1-17-6-2-3-9(17)8-13-14(20)18(16(23)24-13)10-4-5-11(15(21)22)12(19)7-10/h2-8,19H,1H3,(H,21,22)/b13-8+. The molecule has 0 radical (unpaired) electrons. The van der Waals surface area contributed by atoms with Crippen molar-refractivity contribution in [2.45, 2.75) is 0 Å². The lowest BCUT2D eigenvalue weighted by Gasteiger charge is -2.15. The monoisotopic (exact) mass is 360 g/mol. The Hall–Kier alpha value is -2.58. The fourth-order valence-corrected chi connectivity index (χ4v) is 3.57. The van der Waals surface area contributed by atoms with Gasteiger partial charge in [-0.2, -0.15) is 0 Å². The number of nitrogens with zero attached hydrogens (tertiary/aromatic N) is 2. The molecule has 1 aliphatic rings. The maximum absolute atomic E-state index is 12.6. The van der Waals surface area contributed by atoms with Gasteiger partial charge >= 0.3 is 5.97 Å². The highest BCUT2D eigenvalue weighted by Gasteiger charge is 2.34. The SMILES string of the molecule is Cn1cccc1/C=C1/SC(=S)N(c2ccc(C(=O)O)c(O)c2)C1=O. The number of phenols is 1. The van der Waals surface area contributed by atoms with Gasteiger partial charge in [0.1, 0.15) is 11.3 Å². The number of hydrogen-bond acceptors (Lipinski definition) is 5. The third kappa shape index (κ3) is 2.81. The smallest absolute Gasteiger partial charge is 0.339 e. The maximum atomic E-state index is 12.6. The second-order valence-corrected chi connectivity index (χ2v) is 6.74. The summed E-state index contributed by atoms with van der Waals surface area (Å²) >= 11 is 6.41. The van der Waals surface area contributed by atoms with Crippen LogP contribution in [0.2, 0.25) is 0 Å². The molecule has 0 bridgehead atoms. The first-order valence-electron chi connectivity index (χ1n) is 6.84. The molecule has 1 aliphatic heterocycles. The van der Waals surface area contributed by atoms with Gasteiger partial charge in [0.2, 0.25) is 0 Å². The number of rotatable bonds is 3. The number of aromatic nitrogens is 1. The number of carboxylic acids is 1. The predicted octanol–water partition coefficient (Wildman–Crippen LogP) is 2.83. The molecule has 6 nitrogen and oxygen atoms in total. The molecule has 1 saturated heterocycles. The van der Waals surface area contributed by atoms with Crippen LogP contribution in [0.3, 0.4) is 0 Å². The Labute approximate surface area is 147 Å². The Morgan fingerprint density at radius 1 is 1.33 bits per heavy atom. The number of aromatic hydroxyl groups is 1. The molecule has 24 heavy (non-hydrogen) atoms. The van der Waals surface area contributed by atoms with Crippen LogP contribution < -0.4 is 4.90 Å². The minimum Gasteiger partial charge on any atom is -0.507 e. The number of aryl methyl sites for hydroxylation is 1. The van der Waals surface area contributed by atoms with Crippen molar-refractivity contribution >= 4 is 51.9 Å². The van der Waals surface area contributed by atoms with Gasteiger partial charge in [0.25, 0.3) is 5.91 Å². The van der Waals surface area contributed by atoms with Crippen molar-refractivity contribution in [2.24, 2.45) is 7.05 Å². The summed E-state index contributed by atoms with van der Waals surface area (Å²) in [5.41, 5.74) is 0.957. The van der Waals surface area contributed by atoms with Gasteiger partial charge in [0.15, 0.2) is 4.32 Å². The summed E-state index contributed by atoms with van der Waals surface area (Å²) in [6.45, 7) is 0. The molecular weight excluding hydrogens is 348 g/mol. The molecule has 1 aromatic heterocycles. The van der Waals surface area contributed by atoms with Crippen molar-refractivity contribution in [3.8, 4) is 5.75 Å². The Bertz CT molecular complexity index is 901. The normalized spacial score (nSPS) is 16.2. The first kappa shape index (κ1) is 16.3. The number of amides is 1. The van der Waals surface area contributed by atoms with Crippen LogP contribution in [-0.4, -0.2) is 31.0 Å². The first-order valence-corrected chi connectivity index (χ1v) is 8.06. The number of carbonyl (C=O) groups excluding carboxylic acids is 1. The molecule has 1 fully saturated rings. The Kier molecular flexibility index (Phi) is 4.16. The van der Waals surface area contributed by atoms with E-state index in [0.29, 0.717) is 14.9 Å². The van der Waals surface area contributed by atoms with Crippen molar-refractivity contribution in [2.75, 3.05) is 4.90 Å². The van der Waals surface area contributed by atoms with Crippen LogP contribution in [0.15, 0.2) is 41.4 Å². The molecule has 2 aromatic rings. The van der Waals surface area contributed by atoms with Crippen LogP contribution in [0, 0.1) is 0 Å². The van der Waals surface area contributed by atoms with E-state index in [1.165, 1.54) is 23.1 Å². The Balaban J connectivity index is 1.95. The summed E-state index contributed by atoms with van der Waals surface area (Å²) in [7, 11) is 1.87. The third-order valence-corrected chi connectivity index (χ3v) is 4.83. The van der Waals surface area contributed by atoms with Gasteiger partial charge in [-0.25, -0.2) is 4.79 Å². The number of carbonyl (C=O) groups is 2. The van der Waals surface area contributed by atoms with Crippen molar-refractivity contribution in [3.05, 3.63) is 52.7 Å². The quantitative estimate of drug-likeness (QED) is 0.647. The van der Waals surface area contributed by atoms with Gasteiger partial charge in [-0.05, 0) is 30.3 Å². The fraction of sp³-hybridized carbons (Fsp3) is 0.0625. The summed E-state index contributed by atoms with van der Waals surface area (Å²) in [4.78, 5) is 25.3. The number of anilines is 1. The van der Waals surface area contributed by atoms with Crippen molar-refractivity contribution in [1.82, 2.24) is 4.57 Å². The minimum atomic E-state index is -1.24. The van der Waals surface area contributed by atoms with E-state index in [0.717, 1.165) is 17.5 Å². The second-order valence-electron chi connectivity index (χ2n) is 5.07. The highest BCUT2D eigenvalue weighted by molar-refractivity contribution is 8.27. The molecular formula is C16H12N2O4S2. The van der Waals surface area contributed by atoms with Crippen molar-refractivity contribution in [1.29, 1.82) is 0 Å². The summed E-state index contributed by atoms with van der Waals surface area (Å²) in [5.74, 6) is -1.97. The highest BCUT2D eigenvalue weighted by Crippen LogP contribution is 2.37. The molecule has 1 aromatic carbocycles. The van der Waals surface area contributed by atoms with E-state index in [1.54, 1.807) is 6.08 Å². The van der Waals surface area contributed by atoms with Gasteiger partial charge < -0.3 is 14.8 Å². The van der Waals surface area contributed by atoms with Crippen LogP contribution in [-0.2, 0) is 11.8 Å². The van der Waals surface area contributed by atoms with E-state index >= 15 is 0 Å². The van der Waals surface area contributed by atoms with Crippen LogP contribution in [0.25, 0.3) is 6.08 Å². The Morgan fingerprint density at radius 3 is 2.67 bits per heavy atom. The zero-order chi connectivity index (χ0) is 17.4. The number of benzene rings is 1. The zero-order valence-electron chi connectivity index (χ0n) is 12.5. The fourth-order valence-electron chi connectivity index (χ4n) is 2.29. The third-order valence-electron chi connectivity index (χ3n) is 3.53. The molecule has 2 heterocycles. The van der Waals surface area contributed by atoms with Crippen LogP contribution >= 0.6 is 24.0 Å². The van der Waals surface area contributed by atoms with Crippen molar-refractivity contribution in [3.63, 3.8) is 0 Å². The van der Waals surface area contributed by atoms with Gasteiger partial charge in [0, 0.05) is 25.0 Å². The number of thioether (sulfide) groups is 1. The molecule has 0 unspecified atom stereocenters. The van der Waals surface area contributed by atoms with E-state index in [1.807, 2.05) is 29.9 Å². The van der Waals surface area contributed by atoms with E-state index < -0.39 is 11.7 Å². The molecule has 3 rings (SSSR count). The largest absolute Gasteiger partial charge is 0.507 e. The molecule has 1 amide bonds. The van der Waals surface area contributed by atoms with Gasteiger partial charge in [0.05, 0.1) is 10.6 Å². The number of aromatic carboxylic acids is 1. The first-order chi connectivity index (χ1) is 11.4. The zero-order valence-corrected chi connectivity index (χ0v) is 14.1. The summed E-state index contributed by atoms with van der Waals surface area (Å²) in [6.07, 6.45) is 3.61. The average molecular weight is 360 g/mol. The lowest BCUT2D eigenvalue weighted by Crippen LogP contribution is -2.27. The van der Waals surface area contributed by atoms with E-state index in [-0.39, 0.29) is 11.5 Å². The lowest BCUT2D eigenvalue weighted by atomic mass is 10.1. The summed E-state index contributed by atoms with van der Waals surface area (Å²) in [5, 5.41) is 18.8. The van der Waals surface area contributed by atoms with Crippen LogP contribution in [0.5, 0.6) is 5.75 Å². The Morgan fingerprint density at radius 2 is 2.08 bits per heavy atom. The second kappa shape index (κ2) is 6.14.